The van der Waals surface area contributed by atoms with Gasteiger partial charge in [0.1, 0.15) is 0 Å². The number of carbonyl (C=O) groups is 1. The summed E-state index contributed by atoms with van der Waals surface area (Å²) in [6.45, 7) is 0.131. The number of hydroxylamine groups is 2. The zero-order valence-corrected chi connectivity index (χ0v) is 15.7. The minimum absolute atomic E-state index is 0.0840. The molecule has 0 atom stereocenters. The van der Waals surface area contributed by atoms with Crippen LogP contribution in [0.15, 0.2) is 53.1 Å². The smallest absolute Gasteiger partial charge is 0.329 e. The minimum atomic E-state index is -4.71. The fourth-order valence-corrected chi connectivity index (χ4v) is 2.60. The first kappa shape index (κ1) is 21.0. The number of amides is 1. The number of rotatable bonds is 6. The number of benzene rings is 2. The van der Waals surface area contributed by atoms with E-state index in [9.17, 15) is 18.0 Å². The van der Waals surface area contributed by atoms with Crippen LogP contribution in [0.3, 0.4) is 0 Å². The lowest BCUT2D eigenvalue weighted by Gasteiger charge is -2.20. The summed E-state index contributed by atoms with van der Waals surface area (Å²) in [6, 6.07) is 15.0. The fourth-order valence-electron chi connectivity index (χ4n) is 2.60. The molecule has 0 radical (unpaired) electrons. The standard InChI is InChI=1S/C20H15F3N4O3/c1-29-27(17(28)10-13-2-4-14(11-24)5-3-13)12-15-6-8-16(9-7-15)18-25-19(30-26-18)20(21,22)23/h2-9H,10,12H2,1H3. The average molecular weight is 416 g/mol. The van der Waals surface area contributed by atoms with Crippen molar-refractivity contribution in [2.24, 2.45) is 0 Å². The number of carbonyl (C=O) groups excluding carboxylic acids is 1. The van der Waals surface area contributed by atoms with Gasteiger partial charge in [-0.05, 0) is 23.3 Å². The topological polar surface area (TPSA) is 92.2 Å². The molecule has 0 aliphatic rings. The number of alkyl halides is 3. The van der Waals surface area contributed by atoms with Crippen LogP contribution in [0.5, 0.6) is 0 Å². The highest BCUT2D eigenvalue weighted by atomic mass is 19.4. The second-order valence-electron chi connectivity index (χ2n) is 6.22. The van der Waals surface area contributed by atoms with E-state index in [0.29, 0.717) is 16.7 Å². The number of nitrogens with zero attached hydrogens (tertiary/aromatic N) is 4. The quantitative estimate of drug-likeness (QED) is 0.568. The van der Waals surface area contributed by atoms with E-state index in [1.54, 1.807) is 36.4 Å². The zero-order valence-electron chi connectivity index (χ0n) is 15.7. The monoisotopic (exact) mass is 416 g/mol. The number of aromatic nitrogens is 2. The summed E-state index contributed by atoms with van der Waals surface area (Å²) in [6.07, 6.45) is -4.62. The highest BCUT2D eigenvalue weighted by Crippen LogP contribution is 2.29. The number of hydrogen-bond acceptors (Lipinski definition) is 6. The van der Waals surface area contributed by atoms with Crippen LogP contribution >= 0.6 is 0 Å². The molecule has 0 spiro atoms. The third-order valence-corrected chi connectivity index (χ3v) is 4.14. The van der Waals surface area contributed by atoms with Gasteiger partial charge in [-0.3, -0.25) is 9.63 Å². The summed E-state index contributed by atoms with van der Waals surface area (Å²) < 4.78 is 41.9. The van der Waals surface area contributed by atoms with E-state index in [2.05, 4.69) is 14.7 Å². The van der Waals surface area contributed by atoms with Crippen molar-refractivity contribution in [2.75, 3.05) is 7.11 Å². The second kappa shape index (κ2) is 8.75. The van der Waals surface area contributed by atoms with Crippen molar-refractivity contribution in [3.05, 3.63) is 71.1 Å². The normalized spacial score (nSPS) is 11.2. The molecule has 1 heterocycles. The van der Waals surface area contributed by atoms with Crippen LogP contribution in [0.4, 0.5) is 13.2 Å². The van der Waals surface area contributed by atoms with Crippen molar-refractivity contribution in [1.82, 2.24) is 15.2 Å². The van der Waals surface area contributed by atoms with Crippen molar-refractivity contribution in [3.63, 3.8) is 0 Å². The summed E-state index contributed by atoms with van der Waals surface area (Å²) in [5.41, 5.74) is 2.26. The lowest BCUT2D eigenvalue weighted by Crippen LogP contribution is -2.30. The molecule has 1 aromatic heterocycles. The van der Waals surface area contributed by atoms with Gasteiger partial charge in [-0.2, -0.15) is 23.4 Å². The summed E-state index contributed by atoms with van der Waals surface area (Å²) in [7, 11) is 1.36. The van der Waals surface area contributed by atoms with Crippen LogP contribution in [0.1, 0.15) is 22.6 Å². The maximum Gasteiger partial charge on any atom is 0.471 e. The van der Waals surface area contributed by atoms with Crippen LogP contribution in [0.25, 0.3) is 11.4 Å². The Bertz CT molecular complexity index is 1050. The van der Waals surface area contributed by atoms with E-state index in [-0.39, 0.29) is 24.7 Å². The predicted octanol–water partition coefficient (Wildman–Crippen LogP) is 3.76. The van der Waals surface area contributed by atoms with E-state index < -0.39 is 12.1 Å². The molecule has 2 aromatic carbocycles. The Labute approximate surface area is 169 Å². The highest BCUT2D eigenvalue weighted by molar-refractivity contribution is 5.77. The van der Waals surface area contributed by atoms with E-state index in [1.807, 2.05) is 6.07 Å². The summed E-state index contributed by atoms with van der Waals surface area (Å²) >= 11 is 0. The third kappa shape index (κ3) is 5.01. The molecule has 3 aromatic rings. The summed E-state index contributed by atoms with van der Waals surface area (Å²) in [4.78, 5) is 21.0. The SMILES string of the molecule is CON(Cc1ccc(-c2noc(C(F)(F)F)n2)cc1)C(=O)Cc1ccc(C#N)cc1. The van der Waals surface area contributed by atoms with Gasteiger partial charge in [-0.25, -0.2) is 5.06 Å². The van der Waals surface area contributed by atoms with Gasteiger partial charge in [0.25, 0.3) is 5.91 Å². The Morgan fingerprint density at radius 3 is 2.30 bits per heavy atom. The van der Waals surface area contributed by atoms with E-state index >= 15 is 0 Å². The molecule has 10 heteroatoms. The van der Waals surface area contributed by atoms with Crippen LogP contribution < -0.4 is 0 Å². The van der Waals surface area contributed by atoms with Gasteiger partial charge in [0.05, 0.1) is 31.7 Å². The van der Waals surface area contributed by atoms with Crippen molar-refractivity contribution in [2.45, 2.75) is 19.1 Å². The molecular weight excluding hydrogens is 401 g/mol. The average Bonchev–Trinajstić information content (AvgIpc) is 3.24. The lowest BCUT2D eigenvalue weighted by atomic mass is 10.1. The van der Waals surface area contributed by atoms with Crippen LogP contribution in [-0.2, 0) is 28.8 Å². The second-order valence-corrected chi connectivity index (χ2v) is 6.22. The molecule has 0 unspecified atom stereocenters. The fraction of sp³-hybridized carbons (Fsp3) is 0.200. The molecule has 154 valence electrons. The van der Waals surface area contributed by atoms with Crippen molar-refractivity contribution < 1.29 is 27.3 Å². The van der Waals surface area contributed by atoms with Crippen molar-refractivity contribution in [3.8, 4) is 17.5 Å². The number of nitriles is 1. The zero-order chi connectivity index (χ0) is 21.7. The molecule has 0 saturated heterocycles. The largest absolute Gasteiger partial charge is 0.471 e. The van der Waals surface area contributed by atoms with E-state index in [0.717, 1.165) is 5.56 Å². The Balaban J connectivity index is 1.66. The molecule has 0 saturated carbocycles. The first-order valence-electron chi connectivity index (χ1n) is 8.64. The van der Waals surface area contributed by atoms with Crippen LogP contribution in [0.2, 0.25) is 0 Å². The number of halogens is 3. The van der Waals surface area contributed by atoms with Gasteiger partial charge in [-0.1, -0.05) is 41.6 Å². The van der Waals surface area contributed by atoms with Crippen molar-refractivity contribution >= 4 is 5.91 Å². The van der Waals surface area contributed by atoms with Gasteiger partial charge in [0.2, 0.25) is 5.82 Å². The molecule has 30 heavy (non-hydrogen) atoms. The molecule has 1 amide bonds. The molecule has 0 aliphatic heterocycles. The molecule has 0 N–H and O–H groups in total. The van der Waals surface area contributed by atoms with Crippen molar-refractivity contribution in [1.29, 1.82) is 5.26 Å². The Morgan fingerprint density at radius 2 is 1.77 bits per heavy atom. The Hall–Kier alpha value is -3.71. The summed E-state index contributed by atoms with van der Waals surface area (Å²) in [5.74, 6) is -1.89. The molecule has 0 bridgehead atoms. The van der Waals surface area contributed by atoms with E-state index in [4.69, 9.17) is 10.1 Å². The maximum absolute atomic E-state index is 12.6. The van der Waals surface area contributed by atoms with Crippen LogP contribution in [-0.4, -0.2) is 28.2 Å². The predicted molar refractivity (Wildman–Crippen MR) is 97.2 cm³/mol. The van der Waals surface area contributed by atoms with E-state index in [1.165, 1.54) is 24.3 Å². The van der Waals surface area contributed by atoms with Gasteiger partial charge >= 0.3 is 12.1 Å². The van der Waals surface area contributed by atoms with Gasteiger partial charge in [0, 0.05) is 5.56 Å². The molecule has 0 aliphatic carbocycles. The molecular formula is C20H15F3N4O3. The first-order chi connectivity index (χ1) is 14.3. The first-order valence-corrected chi connectivity index (χ1v) is 8.64. The third-order valence-electron chi connectivity index (χ3n) is 4.14. The lowest BCUT2D eigenvalue weighted by molar-refractivity contribution is -0.178. The van der Waals surface area contributed by atoms with Gasteiger partial charge < -0.3 is 4.52 Å². The number of hydrogen-bond donors (Lipinski definition) is 0. The Kier molecular flexibility index (Phi) is 6.13. The van der Waals surface area contributed by atoms with Gasteiger partial charge in [-0.15, -0.1) is 0 Å². The molecule has 3 rings (SSSR count). The maximum atomic E-state index is 12.6. The van der Waals surface area contributed by atoms with Gasteiger partial charge in [0.15, 0.2) is 0 Å². The summed E-state index contributed by atoms with van der Waals surface area (Å²) in [5, 5.41) is 13.3. The molecule has 0 fully saturated rings. The minimum Gasteiger partial charge on any atom is -0.329 e. The van der Waals surface area contributed by atoms with Crippen LogP contribution in [0, 0.1) is 11.3 Å². The molecule has 7 nitrogen and oxygen atoms in total. The highest BCUT2D eigenvalue weighted by Gasteiger charge is 2.38. The Morgan fingerprint density at radius 1 is 1.13 bits per heavy atom.